The van der Waals surface area contributed by atoms with Crippen LogP contribution in [0.2, 0.25) is 0 Å². The highest BCUT2D eigenvalue weighted by atomic mass is 32.2. The molecule has 0 spiro atoms. The molecule has 1 atom stereocenters. The van der Waals surface area contributed by atoms with E-state index in [9.17, 15) is 13.2 Å². The van der Waals surface area contributed by atoms with Crippen LogP contribution in [0.3, 0.4) is 0 Å². The molecule has 1 aliphatic heterocycles. The Balaban J connectivity index is 1.43. The van der Waals surface area contributed by atoms with Crippen LogP contribution in [-0.4, -0.2) is 65.7 Å². The Bertz CT molecular complexity index is 1100. The average molecular weight is 488 g/mol. The van der Waals surface area contributed by atoms with Crippen LogP contribution >= 0.6 is 0 Å². The third-order valence-corrected chi connectivity index (χ3v) is 7.92. The van der Waals surface area contributed by atoms with E-state index >= 15 is 0 Å². The molecule has 0 radical (unpaired) electrons. The van der Waals surface area contributed by atoms with Gasteiger partial charge in [-0.1, -0.05) is 24.3 Å². The number of sulfonamides is 1. The molecule has 1 heterocycles. The molecule has 2 aromatic rings. The van der Waals surface area contributed by atoms with Gasteiger partial charge < -0.3 is 14.8 Å². The smallest absolute Gasteiger partial charge is 0.251 e. The minimum absolute atomic E-state index is 0.0296. The second-order valence-corrected chi connectivity index (χ2v) is 10.4. The molecular formula is C25H33N3O5S. The fraction of sp³-hybridized carbons (Fsp3) is 0.480. The van der Waals surface area contributed by atoms with E-state index < -0.39 is 10.0 Å². The molecule has 8 nitrogen and oxygen atoms in total. The van der Waals surface area contributed by atoms with Crippen molar-refractivity contribution in [2.45, 2.75) is 36.6 Å². The van der Waals surface area contributed by atoms with Gasteiger partial charge in [-0.25, -0.2) is 13.1 Å². The zero-order valence-electron chi connectivity index (χ0n) is 19.6. The fourth-order valence-corrected chi connectivity index (χ4v) is 5.85. The van der Waals surface area contributed by atoms with E-state index in [-0.39, 0.29) is 28.2 Å². The van der Waals surface area contributed by atoms with Gasteiger partial charge in [0.25, 0.3) is 5.91 Å². The lowest BCUT2D eigenvalue weighted by atomic mass is 9.87. The van der Waals surface area contributed by atoms with E-state index in [1.807, 2.05) is 18.2 Å². The standard InChI is InChI=1S/C25H33N3O5S/c1-32-23-11-10-20(25(29)27-22-9-4-7-19-6-2-3-8-21(19)22)18-24(23)34(30,31)26-12-5-13-28-14-16-33-17-15-28/h2-3,6,8,10-11,18,22,26H,4-5,7,9,12-17H2,1H3,(H,27,29). The predicted molar refractivity (Wildman–Crippen MR) is 130 cm³/mol. The number of morpholine rings is 1. The maximum Gasteiger partial charge on any atom is 0.251 e. The SMILES string of the molecule is COc1ccc(C(=O)NC2CCCc3ccccc32)cc1S(=O)(=O)NCCCN1CCOCC1. The summed E-state index contributed by atoms with van der Waals surface area (Å²) in [5.74, 6) is -0.0895. The van der Waals surface area contributed by atoms with Crippen molar-refractivity contribution in [1.29, 1.82) is 0 Å². The highest BCUT2D eigenvalue weighted by molar-refractivity contribution is 7.89. The Labute approximate surface area is 201 Å². The van der Waals surface area contributed by atoms with E-state index in [2.05, 4.69) is 21.0 Å². The van der Waals surface area contributed by atoms with Gasteiger partial charge in [0.15, 0.2) is 0 Å². The number of carbonyl (C=O) groups excluding carboxylic acids is 1. The summed E-state index contributed by atoms with van der Waals surface area (Å²) in [5.41, 5.74) is 2.67. The molecule has 2 N–H and O–H groups in total. The van der Waals surface area contributed by atoms with Crippen molar-refractivity contribution in [2.24, 2.45) is 0 Å². The molecule has 1 unspecified atom stereocenters. The maximum absolute atomic E-state index is 13.1. The molecule has 1 amide bonds. The summed E-state index contributed by atoms with van der Waals surface area (Å²) in [6.07, 6.45) is 3.54. The molecule has 0 bridgehead atoms. The summed E-state index contributed by atoms with van der Waals surface area (Å²) in [4.78, 5) is 15.3. The van der Waals surface area contributed by atoms with Crippen LogP contribution in [0, 0.1) is 0 Å². The largest absolute Gasteiger partial charge is 0.495 e. The van der Waals surface area contributed by atoms with Crippen LogP contribution in [0.4, 0.5) is 0 Å². The number of carbonyl (C=O) groups is 1. The Morgan fingerprint density at radius 2 is 1.97 bits per heavy atom. The van der Waals surface area contributed by atoms with Crippen molar-refractivity contribution in [1.82, 2.24) is 14.9 Å². The minimum Gasteiger partial charge on any atom is -0.495 e. The molecule has 0 aromatic heterocycles. The zero-order chi connectivity index (χ0) is 24.0. The van der Waals surface area contributed by atoms with Gasteiger partial charge in [-0.15, -0.1) is 0 Å². The molecule has 34 heavy (non-hydrogen) atoms. The quantitative estimate of drug-likeness (QED) is 0.528. The van der Waals surface area contributed by atoms with Gasteiger partial charge in [0.05, 0.1) is 26.4 Å². The Morgan fingerprint density at radius 1 is 1.18 bits per heavy atom. The number of fused-ring (bicyclic) bond motifs is 1. The van der Waals surface area contributed by atoms with Crippen molar-refractivity contribution in [3.8, 4) is 5.75 Å². The Hall–Kier alpha value is -2.46. The number of aryl methyl sites for hydroxylation is 1. The van der Waals surface area contributed by atoms with Gasteiger partial charge in [0, 0.05) is 25.2 Å². The number of hydrogen-bond acceptors (Lipinski definition) is 6. The van der Waals surface area contributed by atoms with Gasteiger partial charge in [0.2, 0.25) is 10.0 Å². The molecule has 0 saturated carbocycles. The third kappa shape index (κ3) is 5.96. The van der Waals surface area contributed by atoms with Gasteiger partial charge in [-0.05, 0) is 61.6 Å². The van der Waals surface area contributed by atoms with E-state index in [0.717, 1.165) is 44.5 Å². The van der Waals surface area contributed by atoms with Crippen molar-refractivity contribution < 1.29 is 22.7 Å². The first-order valence-corrected chi connectivity index (χ1v) is 13.3. The van der Waals surface area contributed by atoms with Crippen LogP contribution in [0.15, 0.2) is 47.4 Å². The molecule has 9 heteroatoms. The van der Waals surface area contributed by atoms with Gasteiger partial charge in [-0.3, -0.25) is 9.69 Å². The Morgan fingerprint density at radius 3 is 2.76 bits per heavy atom. The second kappa shape index (κ2) is 11.3. The number of nitrogens with zero attached hydrogens (tertiary/aromatic N) is 1. The summed E-state index contributed by atoms with van der Waals surface area (Å²) in [5, 5.41) is 3.09. The minimum atomic E-state index is -3.84. The van der Waals surface area contributed by atoms with Gasteiger partial charge in [0.1, 0.15) is 10.6 Å². The van der Waals surface area contributed by atoms with Crippen LogP contribution < -0.4 is 14.8 Å². The number of methoxy groups -OCH3 is 1. The average Bonchev–Trinajstić information content (AvgIpc) is 2.87. The second-order valence-electron chi connectivity index (χ2n) is 8.69. The van der Waals surface area contributed by atoms with Crippen LogP contribution in [-0.2, 0) is 21.2 Å². The molecule has 1 aliphatic carbocycles. The number of nitrogens with one attached hydrogen (secondary N) is 2. The molecule has 2 aliphatic rings. The highest BCUT2D eigenvalue weighted by Gasteiger charge is 2.25. The monoisotopic (exact) mass is 487 g/mol. The van der Waals surface area contributed by atoms with Crippen molar-refractivity contribution in [2.75, 3.05) is 46.5 Å². The number of hydrogen-bond donors (Lipinski definition) is 2. The maximum atomic E-state index is 13.1. The highest BCUT2D eigenvalue weighted by Crippen LogP contribution is 2.30. The lowest BCUT2D eigenvalue weighted by molar-refractivity contribution is 0.0376. The molecule has 4 rings (SSSR count). The molecule has 184 valence electrons. The first-order valence-electron chi connectivity index (χ1n) is 11.8. The van der Waals surface area contributed by atoms with E-state index in [4.69, 9.17) is 9.47 Å². The Kier molecular flexibility index (Phi) is 8.20. The van der Waals surface area contributed by atoms with E-state index in [1.165, 1.54) is 24.8 Å². The molecule has 1 saturated heterocycles. The van der Waals surface area contributed by atoms with Crippen LogP contribution in [0.25, 0.3) is 0 Å². The van der Waals surface area contributed by atoms with E-state index in [1.54, 1.807) is 6.07 Å². The summed E-state index contributed by atoms with van der Waals surface area (Å²) < 4.78 is 39.4. The predicted octanol–water partition coefficient (Wildman–Crippen LogP) is 2.50. The topological polar surface area (TPSA) is 97.0 Å². The summed E-state index contributed by atoms with van der Waals surface area (Å²) in [6.45, 7) is 4.26. The lowest BCUT2D eigenvalue weighted by Gasteiger charge is -2.26. The number of rotatable bonds is 9. The lowest BCUT2D eigenvalue weighted by Crippen LogP contribution is -2.38. The van der Waals surface area contributed by atoms with Gasteiger partial charge >= 0.3 is 0 Å². The summed E-state index contributed by atoms with van der Waals surface area (Å²) in [7, 11) is -2.42. The molecular weight excluding hydrogens is 454 g/mol. The molecule has 2 aromatic carbocycles. The van der Waals surface area contributed by atoms with Gasteiger partial charge in [-0.2, -0.15) is 0 Å². The fourth-order valence-electron chi connectivity index (χ4n) is 4.59. The zero-order valence-corrected chi connectivity index (χ0v) is 20.4. The normalized spacial score (nSPS) is 18.8. The van der Waals surface area contributed by atoms with Crippen molar-refractivity contribution in [3.63, 3.8) is 0 Å². The summed E-state index contributed by atoms with van der Waals surface area (Å²) >= 11 is 0. The van der Waals surface area contributed by atoms with Crippen LogP contribution in [0.1, 0.15) is 46.8 Å². The first kappa shape index (κ1) is 24.7. The number of benzene rings is 2. The summed E-state index contributed by atoms with van der Waals surface area (Å²) in [6, 6.07) is 12.6. The number of amides is 1. The third-order valence-electron chi connectivity index (χ3n) is 6.44. The first-order chi connectivity index (χ1) is 16.5. The molecule has 1 fully saturated rings. The van der Waals surface area contributed by atoms with E-state index in [0.29, 0.717) is 26.2 Å². The number of ether oxygens (including phenoxy) is 2. The van der Waals surface area contributed by atoms with Crippen molar-refractivity contribution in [3.05, 3.63) is 59.2 Å². The van der Waals surface area contributed by atoms with Crippen molar-refractivity contribution >= 4 is 15.9 Å². The van der Waals surface area contributed by atoms with Crippen LogP contribution in [0.5, 0.6) is 5.75 Å².